The second-order valence-corrected chi connectivity index (χ2v) is 7.47. The number of nitrogens with zero attached hydrogens (tertiary/aromatic N) is 3. The van der Waals surface area contributed by atoms with Crippen molar-refractivity contribution in [3.63, 3.8) is 0 Å². The Morgan fingerprint density at radius 1 is 1.19 bits per heavy atom. The Labute approximate surface area is 152 Å². The van der Waals surface area contributed by atoms with Crippen molar-refractivity contribution in [2.45, 2.75) is 32.1 Å². The number of aromatic nitrogens is 2. The molecule has 6 heteroatoms. The number of rotatable bonds is 5. The molecule has 0 bridgehead atoms. The number of carbonyl (C=O) groups excluding carboxylic acids is 1. The van der Waals surface area contributed by atoms with Crippen LogP contribution >= 0.6 is 0 Å². The summed E-state index contributed by atoms with van der Waals surface area (Å²) in [5.74, 6) is -0.719. The highest BCUT2D eigenvalue weighted by Gasteiger charge is 2.59. The van der Waals surface area contributed by atoms with E-state index in [-0.39, 0.29) is 17.2 Å². The molecule has 6 nitrogen and oxygen atoms in total. The first-order valence-corrected chi connectivity index (χ1v) is 9.17. The summed E-state index contributed by atoms with van der Waals surface area (Å²) in [6, 6.07) is 9.90. The van der Waals surface area contributed by atoms with Crippen LogP contribution in [-0.2, 0) is 16.0 Å². The van der Waals surface area contributed by atoms with E-state index in [4.69, 9.17) is 5.11 Å². The van der Waals surface area contributed by atoms with Gasteiger partial charge in [-0.2, -0.15) is 5.10 Å². The predicted molar refractivity (Wildman–Crippen MR) is 95.9 cm³/mol. The number of amides is 1. The normalized spacial score (nSPS) is 20.9. The van der Waals surface area contributed by atoms with Gasteiger partial charge in [0.2, 0.25) is 5.91 Å². The predicted octanol–water partition coefficient (Wildman–Crippen LogP) is 2.52. The fraction of sp³-hybridized carbons (Fsp3) is 0.450. The third kappa shape index (κ3) is 3.23. The lowest BCUT2D eigenvalue weighted by atomic mass is 9.90. The largest absolute Gasteiger partial charge is 0.481 e. The van der Waals surface area contributed by atoms with Crippen LogP contribution in [0.3, 0.4) is 0 Å². The minimum Gasteiger partial charge on any atom is -0.481 e. The zero-order chi connectivity index (χ0) is 18.1. The first kappa shape index (κ1) is 16.8. The molecular weight excluding hydrogens is 330 g/mol. The third-order valence-electron chi connectivity index (χ3n) is 5.88. The van der Waals surface area contributed by atoms with Gasteiger partial charge in [-0.3, -0.25) is 9.59 Å². The lowest BCUT2D eigenvalue weighted by molar-refractivity contribution is -0.139. The van der Waals surface area contributed by atoms with Crippen molar-refractivity contribution < 1.29 is 14.7 Å². The Balaban J connectivity index is 1.27. The molecule has 1 spiro atoms. The molecule has 2 aliphatic rings. The highest BCUT2D eigenvalue weighted by molar-refractivity contribution is 5.77. The zero-order valence-electron chi connectivity index (χ0n) is 14.7. The number of aliphatic carboxylic acids is 1. The molecule has 1 aliphatic heterocycles. The lowest BCUT2D eigenvalue weighted by Crippen LogP contribution is -2.40. The molecule has 1 unspecified atom stereocenters. The van der Waals surface area contributed by atoms with E-state index in [1.54, 1.807) is 0 Å². The number of hydrogen-bond acceptors (Lipinski definition) is 3. The molecule has 2 fully saturated rings. The van der Waals surface area contributed by atoms with Crippen molar-refractivity contribution in [3.8, 4) is 5.69 Å². The topological polar surface area (TPSA) is 75.4 Å². The molecule has 1 aromatic carbocycles. The maximum absolute atomic E-state index is 12.5. The summed E-state index contributed by atoms with van der Waals surface area (Å²) in [7, 11) is 0. The molecule has 1 saturated heterocycles. The Kier molecular flexibility index (Phi) is 4.26. The summed E-state index contributed by atoms with van der Waals surface area (Å²) in [5.41, 5.74) is 2.02. The van der Waals surface area contributed by atoms with Gasteiger partial charge in [-0.05, 0) is 48.8 Å². The molecule has 1 atom stereocenters. The van der Waals surface area contributed by atoms with Gasteiger partial charge in [0.15, 0.2) is 0 Å². The molecule has 26 heavy (non-hydrogen) atoms. The van der Waals surface area contributed by atoms with E-state index in [0.29, 0.717) is 25.9 Å². The van der Waals surface area contributed by atoms with Gasteiger partial charge in [0.05, 0.1) is 17.8 Å². The summed E-state index contributed by atoms with van der Waals surface area (Å²) >= 11 is 0. The SMILES string of the molecule is O=C(O)C1CC12CCN(C(=O)CCc1cnn(-c3ccccc3)c1)CC2. The number of piperidine rings is 1. The van der Waals surface area contributed by atoms with Crippen molar-refractivity contribution in [2.24, 2.45) is 11.3 Å². The van der Waals surface area contributed by atoms with Crippen LogP contribution in [0.15, 0.2) is 42.7 Å². The van der Waals surface area contributed by atoms with Gasteiger partial charge in [0.1, 0.15) is 0 Å². The summed E-state index contributed by atoms with van der Waals surface area (Å²) in [6.07, 6.45) is 7.34. The van der Waals surface area contributed by atoms with E-state index >= 15 is 0 Å². The molecule has 0 radical (unpaired) electrons. The van der Waals surface area contributed by atoms with E-state index < -0.39 is 5.97 Å². The van der Waals surface area contributed by atoms with Crippen molar-refractivity contribution in [3.05, 3.63) is 48.3 Å². The number of aryl methyl sites for hydroxylation is 1. The third-order valence-corrected chi connectivity index (χ3v) is 5.88. The van der Waals surface area contributed by atoms with Crippen molar-refractivity contribution in [2.75, 3.05) is 13.1 Å². The fourth-order valence-electron chi connectivity index (χ4n) is 4.07. The van der Waals surface area contributed by atoms with E-state index in [9.17, 15) is 9.59 Å². The molecule has 2 heterocycles. The van der Waals surface area contributed by atoms with Gasteiger partial charge in [0.25, 0.3) is 0 Å². The van der Waals surface area contributed by atoms with E-state index in [2.05, 4.69) is 5.10 Å². The van der Waals surface area contributed by atoms with Crippen LogP contribution in [0.5, 0.6) is 0 Å². The van der Waals surface area contributed by atoms with Gasteiger partial charge in [-0.15, -0.1) is 0 Å². The average Bonchev–Trinajstić information content (AvgIpc) is 3.15. The molecule has 4 rings (SSSR count). The van der Waals surface area contributed by atoms with Crippen molar-refractivity contribution >= 4 is 11.9 Å². The van der Waals surface area contributed by atoms with Crippen LogP contribution in [-0.4, -0.2) is 44.8 Å². The molecule has 1 amide bonds. The standard InChI is InChI=1S/C20H23N3O3/c24-18(22-10-8-20(9-11-22)12-17(20)19(25)26)7-6-15-13-21-23(14-15)16-4-2-1-3-5-16/h1-5,13-14,17H,6-12H2,(H,25,26). The van der Waals surface area contributed by atoms with Crippen LogP contribution in [0, 0.1) is 11.3 Å². The molecule has 1 saturated carbocycles. The van der Waals surface area contributed by atoms with Gasteiger partial charge in [0, 0.05) is 25.7 Å². The van der Waals surface area contributed by atoms with Gasteiger partial charge < -0.3 is 10.0 Å². The highest BCUT2D eigenvalue weighted by atomic mass is 16.4. The Bertz CT molecular complexity index is 807. The molecular formula is C20H23N3O3. The van der Waals surface area contributed by atoms with Crippen LogP contribution in [0.2, 0.25) is 0 Å². The Hall–Kier alpha value is -2.63. The quantitative estimate of drug-likeness (QED) is 0.896. The first-order chi connectivity index (χ1) is 12.6. The monoisotopic (exact) mass is 353 g/mol. The van der Waals surface area contributed by atoms with Gasteiger partial charge in [-0.25, -0.2) is 4.68 Å². The van der Waals surface area contributed by atoms with Crippen molar-refractivity contribution in [1.82, 2.24) is 14.7 Å². The Morgan fingerprint density at radius 2 is 1.92 bits per heavy atom. The number of hydrogen-bond donors (Lipinski definition) is 1. The van der Waals surface area contributed by atoms with Crippen LogP contribution < -0.4 is 0 Å². The summed E-state index contributed by atoms with van der Waals surface area (Å²) in [5, 5.41) is 13.5. The summed E-state index contributed by atoms with van der Waals surface area (Å²) < 4.78 is 1.82. The molecule has 1 aliphatic carbocycles. The molecule has 136 valence electrons. The summed E-state index contributed by atoms with van der Waals surface area (Å²) in [6.45, 7) is 1.37. The minimum atomic E-state index is -0.680. The van der Waals surface area contributed by atoms with E-state index in [0.717, 1.165) is 30.5 Å². The maximum Gasteiger partial charge on any atom is 0.307 e. The van der Waals surface area contributed by atoms with Crippen LogP contribution in [0.25, 0.3) is 5.69 Å². The van der Waals surface area contributed by atoms with Crippen molar-refractivity contribution in [1.29, 1.82) is 0 Å². The highest BCUT2D eigenvalue weighted by Crippen LogP contribution is 2.59. The Morgan fingerprint density at radius 3 is 2.58 bits per heavy atom. The summed E-state index contributed by atoms with van der Waals surface area (Å²) in [4.78, 5) is 25.5. The van der Waals surface area contributed by atoms with Gasteiger partial charge >= 0.3 is 5.97 Å². The van der Waals surface area contributed by atoms with Crippen LogP contribution in [0.4, 0.5) is 0 Å². The maximum atomic E-state index is 12.5. The average molecular weight is 353 g/mol. The second-order valence-electron chi connectivity index (χ2n) is 7.47. The lowest BCUT2D eigenvalue weighted by Gasteiger charge is -2.32. The number of carbonyl (C=O) groups is 2. The first-order valence-electron chi connectivity index (χ1n) is 9.17. The molecule has 1 N–H and O–H groups in total. The number of para-hydroxylation sites is 1. The zero-order valence-corrected chi connectivity index (χ0v) is 14.7. The van der Waals surface area contributed by atoms with E-state index in [1.807, 2.05) is 52.3 Å². The minimum absolute atomic E-state index is 0.0283. The molecule has 2 aromatic rings. The fourth-order valence-corrected chi connectivity index (χ4v) is 4.07. The number of carboxylic acid groups (broad SMARTS) is 1. The second kappa shape index (κ2) is 6.59. The molecule has 1 aromatic heterocycles. The number of benzene rings is 1. The smallest absolute Gasteiger partial charge is 0.307 e. The van der Waals surface area contributed by atoms with Crippen LogP contribution in [0.1, 0.15) is 31.2 Å². The number of likely N-dealkylation sites (tertiary alicyclic amines) is 1. The number of carboxylic acids is 1. The van der Waals surface area contributed by atoms with Gasteiger partial charge in [-0.1, -0.05) is 18.2 Å². The van der Waals surface area contributed by atoms with E-state index in [1.165, 1.54) is 0 Å².